The van der Waals surface area contributed by atoms with Crippen molar-refractivity contribution in [2.75, 3.05) is 13.2 Å². The van der Waals surface area contributed by atoms with Crippen molar-refractivity contribution in [3.05, 3.63) is 67.7 Å². The van der Waals surface area contributed by atoms with Crippen LogP contribution in [0.5, 0.6) is 5.75 Å². The van der Waals surface area contributed by atoms with Gasteiger partial charge >= 0.3 is 0 Å². The Bertz CT molecular complexity index is 1020. The van der Waals surface area contributed by atoms with Gasteiger partial charge in [0.25, 0.3) is 17.5 Å². The second-order valence-corrected chi connectivity index (χ2v) is 7.82. The molecule has 0 saturated carbocycles. The maximum Gasteiger partial charge on any atom is 0.284 e. The predicted molar refractivity (Wildman–Crippen MR) is 118 cm³/mol. The third kappa shape index (κ3) is 6.61. The summed E-state index contributed by atoms with van der Waals surface area (Å²) < 4.78 is 5.86. The first-order chi connectivity index (χ1) is 14.9. The molecule has 3 rings (SSSR count). The van der Waals surface area contributed by atoms with Gasteiger partial charge in [-0.2, -0.15) is 5.10 Å². The molecule has 0 atom stereocenters. The van der Waals surface area contributed by atoms with Crippen LogP contribution in [-0.4, -0.2) is 36.1 Å². The van der Waals surface area contributed by atoms with Crippen molar-refractivity contribution in [1.29, 1.82) is 0 Å². The molecule has 31 heavy (non-hydrogen) atoms. The molecule has 0 saturated heterocycles. The number of ether oxygens (including phenoxy) is 1. The topological polar surface area (TPSA) is 123 Å². The summed E-state index contributed by atoms with van der Waals surface area (Å²) in [5, 5.41) is 17.1. The van der Waals surface area contributed by atoms with E-state index in [0.717, 1.165) is 19.3 Å². The van der Waals surface area contributed by atoms with Crippen LogP contribution in [0.2, 0.25) is 0 Å². The van der Waals surface area contributed by atoms with E-state index in [9.17, 15) is 19.7 Å². The van der Waals surface area contributed by atoms with Crippen molar-refractivity contribution in [2.24, 2.45) is 5.10 Å². The van der Waals surface area contributed by atoms with Crippen molar-refractivity contribution in [3.63, 3.8) is 0 Å². The molecule has 0 unspecified atom stereocenters. The monoisotopic (exact) mass is 488 g/mol. The second-order valence-electron chi connectivity index (χ2n) is 6.96. The number of nitrogens with one attached hydrogen (secondary N) is 2. The van der Waals surface area contributed by atoms with Crippen LogP contribution in [0.1, 0.15) is 29.5 Å². The highest BCUT2D eigenvalue weighted by molar-refractivity contribution is 9.10. The van der Waals surface area contributed by atoms with Gasteiger partial charge in [0.2, 0.25) is 0 Å². The summed E-state index contributed by atoms with van der Waals surface area (Å²) in [7, 11) is 0. The Morgan fingerprint density at radius 1 is 1.13 bits per heavy atom. The van der Waals surface area contributed by atoms with Crippen LogP contribution < -0.4 is 15.5 Å². The number of fused-ring (bicyclic) bond motifs is 1. The molecule has 0 aliphatic heterocycles. The van der Waals surface area contributed by atoms with Crippen LogP contribution in [0, 0.1) is 10.1 Å². The van der Waals surface area contributed by atoms with E-state index in [1.807, 2.05) is 18.2 Å². The zero-order valence-corrected chi connectivity index (χ0v) is 18.2. The first-order valence-corrected chi connectivity index (χ1v) is 10.5. The van der Waals surface area contributed by atoms with Crippen LogP contribution >= 0.6 is 15.9 Å². The van der Waals surface area contributed by atoms with Gasteiger partial charge < -0.3 is 10.1 Å². The number of aryl methyl sites for hydroxylation is 2. The number of hydrogen-bond acceptors (Lipinski definition) is 6. The van der Waals surface area contributed by atoms with E-state index in [0.29, 0.717) is 15.8 Å². The molecule has 0 spiro atoms. The summed E-state index contributed by atoms with van der Waals surface area (Å²) in [6.07, 6.45) is 5.73. The summed E-state index contributed by atoms with van der Waals surface area (Å²) in [5.74, 6) is -0.334. The average Bonchev–Trinajstić information content (AvgIpc) is 2.77. The Balaban J connectivity index is 1.40. The number of nitrogens with zero attached hydrogens (tertiary/aromatic N) is 2. The fourth-order valence-electron chi connectivity index (χ4n) is 3.15. The summed E-state index contributed by atoms with van der Waals surface area (Å²) in [5.41, 5.74) is 5.18. The summed E-state index contributed by atoms with van der Waals surface area (Å²) in [6, 6.07) is 10.3. The normalized spacial score (nSPS) is 12.8. The summed E-state index contributed by atoms with van der Waals surface area (Å²) >= 11 is 3.09. The summed E-state index contributed by atoms with van der Waals surface area (Å²) in [6.45, 7) is -0.470. The number of benzene rings is 2. The van der Waals surface area contributed by atoms with E-state index in [-0.39, 0.29) is 18.8 Å². The molecule has 0 heterocycles. The number of carbonyl (C=O) groups excluding carboxylic acids is 2. The number of hydrogen-bond donors (Lipinski definition) is 2. The van der Waals surface area contributed by atoms with Gasteiger partial charge in [-0.25, -0.2) is 5.43 Å². The van der Waals surface area contributed by atoms with E-state index < -0.39 is 16.7 Å². The molecule has 9 nitrogen and oxygen atoms in total. The molecular weight excluding hydrogens is 468 g/mol. The molecule has 1 aliphatic carbocycles. The maximum absolute atomic E-state index is 11.9. The Morgan fingerprint density at radius 2 is 1.90 bits per heavy atom. The third-order valence-electron chi connectivity index (χ3n) is 4.71. The maximum atomic E-state index is 11.9. The van der Waals surface area contributed by atoms with Crippen LogP contribution in [0.15, 0.2) is 46.0 Å². The quantitative estimate of drug-likeness (QED) is 0.336. The molecular formula is C21H21BrN4O5. The molecule has 2 aromatic carbocycles. The minimum absolute atomic E-state index is 0.110. The van der Waals surface area contributed by atoms with Gasteiger partial charge in [0, 0.05) is 11.6 Å². The molecule has 10 heteroatoms. The molecule has 2 N–H and O–H groups in total. The van der Waals surface area contributed by atoms with Gasteiger partial charge in [0.15, 0.2) is 6.61 Å². The van der Waals surface area contributed by atoms with E-state index in [2.05, 4.69) is 31.8 Å². The lowest BCUT2D eigenvalue weighted by Gasteiger charge is -2.16. The molecule has 0 aromatic heterocycles. The second kappa shape index (κ2) is 10.7. The van der Waals surface area contributed by atoms with Crippen molar-refractivity contribution in [3.8, 4) is 5.75 Å². The highest BCUT2D eigenvalue weighted by Crippen LogP contribution is 2.26. The van der Waals surface area contributed by atoms with E-state index >= 15 is 0 Å². The molecule has 0 fully saturated rings. The van der Waals surface area contributed by atoms with Gasteiger partial charge in [-0.05, 0) is 70.9 Å². The van der Waals surface area contributed by atoms with Crippen molar-refractivity contribution < 1.29 is 19.2 Å². The van der Waals surface area contributed by atoms with Crippen molar-refractivity contribution >= 4 is 39.6 Å². The van der Waals surface area contributed by atoms with Crippen LogP contribution in [0.4, 0.5) is 5.69 Å². The molecule has 2 aromatic rings. The number of nitro groups is 1. The minimum atomic E-state index is -0.537. The fourth-order valence-corrected chi connectivity index (χ4v) is 3.54. The zero-order valence-electron chi connectivity index (χ0n) is 16.6. The lowest BCUT2D eigenvalue weighted by atomic mass is 9.92. The van der Waals surface area contributed by atoms with Crippen molar-refractivity contribution in [1.82, 2.24) is 10.7 Å². The van der Waals surface area contributed by atoms with Crippen molar-refractivity contribution in [2.45, 2.75) is 25.7 Å². The third-order valence-corrected chi connectivity index (χ3v) is 5.38. The number of carbonyl (C=O) groups is 2. The highest BCUT2D eigenvalue weighted by Gasteiger charge is 2.12. The first-order valence-electron chi connectivity index (χ1n) is 9.69. The Hall–Kier alpha value is -3.27. The summed E-state index contributed by atoms with van der Waals surface area (Å²) in [4.78, 5) is 34.1. The standard InChI is InChI=1S/C21H21BrN4O5/c22-18-8-5-14(9-19(18)26(29)30)11-24-25-20(27)12-23-21(28)13-31-17-7-6-15-3-1-2-4-16(15)10-17/h5-11H,1-4,12-13H2,(H,23,28)(H,25,27)/b24-11-. The molecule has 1 aliphatic rings. The molecule has 0 bridgehead atoms. The van der Waals surface area contributed by atoms with Gasteiger partial charge in [-0.15, -0.1) is 0 Å². The Kier molecular flexibility index (Phi) is 7.71. The largest absolute Gasteiger partial charge is 0.484 e. The number of hydrazone groups is 1. The fraction of sp³-hybridized carbons (Fsp3) is 0.286. The average molecular weight is 489 g/mol. The van der Waals surface area contributed by atoms with E-state index in [4.69, 9.17) is 4.74 Å². The lowest BCUT2D eigenvalue weighted by molar-refractivity contribution is -0.385. The smallest absolute Gasteiger partial charge is 0.284 e. The lowest BCUT2D eigenvalue weighted by Crippen LogP contribution is -2.37. The van der Waals surface area contributed by atoms with Crippen LogP contribution in [-0.2, 0) is 22.4 Å². The first kappa shape index (κ1) is 22.4. The van der Waals surface area contributed by atoms with Gasteiger partial charge in [0.1, 0.15) is 5.75 Å². The van der Waals surface area contributed by atoms with Gasteiger partial charge in [-0.1, -0.05) is 12.1 Å². The minimum Gasteiger partial charge on any atom is -0.484 e. The number of nitro benzene ring substituents is 1. The van der Waals surface area contributed by atoms with Gasteiger partial charge in [0.05, 0.1) is 22.2 Å². The number of halogens is 1. The molecule has 2 amide bonds. The predicted octanol–water partition coefficient (Wildman–Crippen LogP) is 2.88. The SMILES string of the molecule is O=C(COc1ccc2c(c1)CCCC2)NCC(=O)N/N=C\c1ccc(Br)c([N+](=O)[O-])c1. The highest BCUT2D eigenvalue weighted by atomic mass is 79.9. The van der Waals surface area contributed by atoms with Gasteiger partial charge in [-0.3, -0.25) is 19.7 Å². The number of rotatable bonds is 8. The van der Waals surface area contributed by atoms with Crippen LogP contribution in [0.3, 0.4) is 0 Å². The number of amides is 2. The Morgan fingerprint density at radius 3 is 2.68 bits per heavy atom. The molecule has 162 valence electrons. The van der Waals surface area contributed by atoms with Crippen LogP contribution in [0.25, 0.3) is 0 Å². The van der Waals surface area contributed by atoms with E-state index in [1.54, 1.807) is 6.07 Å². The van der Waals surface area contributed by atoms with E-state index in [1.165, 1.54) is 35.9 Å². The Labute approximate surface area is 187 Å². The zero-order chi connectivity index (χ0) is 22.2. The molecule has 0 radical (unpaired) electrons.